The minimum Gasteiger partial charge on any atom is -0.332 e. The number of alkyl halides is 3. The Morgan fingerprint density at radius 2 is 2.26 bits per heavy atom. The fraction of sp³-hybridized carbons (Fsp3) is 0.750. The van der Waals surface area contributed by atoms with Crippen LogP contribution in [0.15, 0.2) is 12.5 Å². The molecule has 2 atom stereocenters. The summed E-state index contributed by atoms with van der Waals surface area (Å²) >= 11 is 0.0187. The first-order chi connectivity index (χ1) is 8.96. The highest BCUT2D eigenvalue weighted by Gasteiger charge is 2.28. The number of aryl methyl sites for hydroxylation is 1. The lowest BCUT2D eigenvalue weighted by Crippen LogP contribution is -2.35. The third-order valence-electron chi connectivity index (χ3n) is 3.32. The van der Waals surface area contributed by atoms with Crippen LogP contribution in [-0.4, -0.2) is 26.9 Å². The second kappa shape index (κ2) is 6.17. The second-order valence-electron chi connectivity index (χ2n) is 4.86. The molecule has 0 aliphatic carbocycles. The monoisotopic (exact) mass is 293 g/mol. The van der Waals surface area contributed by atoms with Crippen LogP contribution < -0.4 is 5.32 Å². The molecule has 108 valence electrons. The first-order valence-corrected chi connectivity index (χ1v) is 7.41. The van der Waals surface area contributed by atoms with Gasteiger partial charge in [-0.15, -0.1) is 0 Å². The van der Waals surface area contributed by atoms with Crippen molar-refractivity contribution in [1.82, 2.24) is 14.9 Å². The van der Waals surface area contributed by atoms with Crippen LogP contribution in [0.25, 0.3) is 0 Å². The van der Waals surface area contributed by atoms with E-state index in [1.807, 2.05) is 4.57 Å². The molecule has 0 saturated carbocycles. The highest BCUT2D eigenvalue weighted by atomic mass is 32.2. The minimum absolute atomic E-state index is 0.0187. The van der Waals surface area contributed by atoms with E-state index < -0.39 is 5.51 Å². The van der Waals surface area contributed by atoms with Crippen LogP contribution in [-0.2, 0) is 6.54 Å². The van der Waals surface area contributed by atoms with Crippen molar-refractivity contribution < 1.29 is 13.2 Å². The zero-order valence-corrected chi connectivity index (χ0v) is 11.6. The molecule has 1 aromatic rings. The molecule has 1 aromatic heterocycles. The number of hydrogen-bond donors (Lipinski definition) is 1. The molecule has 2 heterocycles. The number of halogens is 3. The summed E-state index contributed by atoms with van der Waals surface area (Å²) in [7, 11) is 0. The van der Waals surface area contributed by atoms with Gasteiger partial charge in [0.25, 0.3) is 0 Å². The molecule has 0 spiro atoms. The molecule has 7 heteroatoms. The summed E-state index contributed by atoms with van der Waals surface area (Å²) in [5.41, 5.74) is -3.16. The van der Waals surface area contributed by atoms with Crippen molar-refractivity contribution in [3.05, 3.63) is 18.2 Å². The molecule has 19 heavy (non-hydrogen) atoms. The van der Waals surface area contributed by atoms with Crippen LogP contribution in [0.4, 0.5) is 13.2 Å². The van der Waals surface area contributed by atoms with Crippen molar-refractivity contribution in [2.24, 2.45) is 0 Å². The number of aromatic nitrogens is 2. The topological polar surface area (TPSA) is 29.9 Å². The maximum Gasteiger partial charge on any atom is 0.441 e. The average Bonchev–Trinajstić information content (AvgIpc) is 2.75. The van der Waals surface area contributed by atoms with Gasteiger partial charge in [-0.3, -0.25) is 0 Å². The van der Waals surface area contributed by atoms with E-state index in [1.54, 1.807) is 12.5 Å². The quantitative estimate of drug-likeness (QED) is 0.923. The molecule has 0 aromatic carbocycles. The van der Waals surface area contributed by atoms with E-state index in [9.17, 15) is 13.2 Å². The van der Waals surface area contributed by atoms with Crippen molar-refractivity contribution >= 4 is 11.8 Å². The summed E-state index contributed by atoms with van der Waals surface area (Å²) in [6.45, 7) is 2.47. The number of nitrogens with one attached hydrogen (secondary N) is 1. The van der Waals surface area contributed by atoms with Crippen molar-refractivity contribution in [2.45, 2.75) is 50.3 Å². The van der Waals surface area contributed by atoms with Gasteiger partial charge in [-0.25, -0.2) is 4.98 Å². The van der Waals surface area contributed by atoms with Gasteiger partial charge in [0, 0.05) is 30.6 Å². The van der Waals surface area contributed by atoms with Crippen LogP contribution in [0.3, 0.4) is 0 Å². The summed E-state index contributed by atoms with van der Waals surface area (Å²) in [4.78, 5) is 4.07. The summed E-state index contributed by atoms with van der Waals surface area (Å²) in [5.74, 6) is 0.0229. The molecule has 1 N–H and O–H groups in total. The number of thioether (sulfide) groups is 1. The largest absolute Gasteiger partial charge is 0.441 e. The van der Waals surface area contributed by atoms with Gasteiger partial charge in [0.2, 0.25) is 0 Å². The fourth-order valence-electron chi connectivity index (χ4n) is 2.44. The van der Waals surface area contributed by atoms with E-state index in [0.29, 0.717) is 12.6 Å². The molecule has 2 unspecified atom stereocenters. The van der Waals surface area contributed by atoms with Gasteiger partial charge < -0.3 is 9.88 Å². The predicted molar refractivity (Wildman–Crippen MR) is 69.9 cm³/mol. The maximum atomic E-state index is 12.1. The van der Waals surface area contributed by atoms with Gasteiger partial charge >= 0.3 is 5.51 Å². The van der Waals surface area contributed by atoms with Crippen LogP contribution in [0.2, 0.25) is 0 Å². The van der Waals surface area contributed by atoms with Gasteiger partial charge in [-0.1, -0.05) is 0 Å². The van der Waals surface area contributed by atoms with Crippen LogP contribution in [0, 0.1) is 0 Å². The fourth-order valence-corrected chi connectivity index (χ4v) is 2.96. The van der Waals surface area contributed by atoms with E-state index in [1.165, 1.54) is 0 Å². The molecule has 1 fully saturated rings. The summed E-state index contributed by atoms with van der Waals surface area (Å²) < 4.78 is 38.2. The first kappa shape index (κ1) is 14.7. The van der Waals surface area contributed by atoms with Crippen molar-refractivity contribution in [3.8, 4) is 0 Å². The first-order valence-electron chi connectivity index (χ1n) is 6.42. The molecule has 3 nitrogen and oxygen atoms in total. The van der Waals surface area contributed by atoms with Gasteiger partial charge in [-0.2, -0.15) is 13.2 Å². The summed E-state index contributed by atoms with van der Waals surface area (Å²) in [5, 5.41) is 3.48. The van der Waals surface area contributed by atoms with Crippen molar-refractivity contribution in [2.75, 3.05) is 5.75 Å². The van der Waals surface area contributed by atoms with E-state index in [4.69, 9.17) is 0 Å². The molecule has 0 radical (unpaired) electrons. The molecule has 1 aliphatic heterocycles. The zero-order chi connectivity index (χ0) is 13.9. The van der Waals surface area contributed by atoms with Crippen LogP contribution in [0.1, 0.15) is 37.9 Å². The minimum atomic E-state index is -4.15. The van der Waals surface area contributed by atoms with Gasteiger partial charge in [0.15, 0.2) is 0 Å². The Morgan fingerprint density at radius 1 is 1.47 bits per heavy atom. The highest BCUT2D eigenvalue weighted by molar-refractivity contribution is 8.00. The zero-order valence-electron chi connectivity index (χ0n) is 10.8. The lowest BCUT2D eigenvalue weighted by molar-refractivity contribution is -0.0328. The third-order valence-corrected chi connectivity index (χ3v) is 4.03. The number of piperidine rings is 1. The van der Waals surface area contributed by atoms with E-state index in [0.717, 1.165) is 25.0 Å². The average molecular weight is 293 g/mol. The van der Waals surface area contributed by atoms with Gasteiger partial charge in [-0.05, 0) is 37.9 Å². The second-order valence-corrected chi connectivity index (χ2v) is 6.02. The molecule has 2 rings (SSSR count). The molecular formula is C12H18F3N3S. The molecule has 0 bridgehead atoms. The highest BCUT2D eigenvalue weighted by Crippen LogP contribution is 2.31. The van der Waals surface area contributed by atoms with Crippen LogP contribution in [0.5, 0.6) is 0 Å². The predicted octanol–water partition coefficient (Wildman–Crippen LogP) is 3.34. The van der Waals surface area contributed by atoms with Gasteiger partial charge in [0.05, 0.1) is 12.0 Å². The van der Waals surface area contributed by atoms with E-state index in [2.05, 4.69) is 17.2 Å². The molecule has 1 aliphatic rings. The SMILES string of the molecule is CC1CCCC(c2cncn2CCSC(F)(F)F)N1. The Morgan fingerprint density at radius 3 is 2.95 bits per heavy atom. The van der Waals surface area contributed by atoms with E-state index in [-0.39, 0.29) is 23.6 Å². The summed E-state index contributed by atoms with van der Waals surface area (Å²) in [6, 6.07) is 0.661. The lowest BCUT2D eigenvalue weighted by Gasteiger charge is -2.29. The Balaban J connectivity index is 1.93. The maximum absolute atomic E-state index is 12.1. The normalized spacial score (nSPS) is 24.6. The van der Waals surface area contributed by atoms with E-state index >= 15 is 0 Å². The lowest BCUT2D eigenvalue weighted by atomic mass is 9.98. The van der Waals surface area contributed by atoms with Crippen molar-refractivity contribution in [1.29, 1.82) is 0 Å². The Labute approximate surface area is 115 Å². The molecular weight excluding hydrogens is 275 g/mol. The van der Waals surface area contributed by atoms with Crippen LogP contribution >= 0.6 is 11.8 Å². The Hall–Kier alpha value is -0.690. The number of rotatable bonds is 4. The summed E-state index contributed by atoms with van der Waals surface area (Å²) in [6.07, 6.45) is 6.68. The molecule has 0 amide bonds. The standard InChI is InChI=1S/C12H18F3N3S/c1-9-3-2-4-10(17-9)11-7-16-8-18(11)5-6-19-12(13,14)15/h7-10,17H,2-6H2,1H3. The van der Waals surface area contributed by atoms with Gasteiger partial charge in [0.1, 0.15) is 0 Å². The third kappa shape index (κ3) is 4.42. The Kier molecular flexibility index (Phi) is 4.78. The smallest absolute Gasteiger partial charge is 0.332 e. The number of imidazole rings is 1. The molecule has 1 saturated heterocycles. The van der Waals surface area contributed by atoms with Crippen molar-refractivity contribution in [3.63, 3.8) is 0 Å². The number of nitrogens with zero attached hydrogens (tertiary/aromatic N) is 2. The Bertz CT molecular complexity index is 405. The number of hydrogen-bond acceptors (Lipinski definition) is 3.